The first kappa shape index (κ1) is 14.5. The smallest absolute Gasteiger partial charge is 0.275 e. The highest BCUT2D eigenvalue weighted by Crippen LogP contribution is 2.21. The van der Waals surface area contributed by atoms with Crippen LogP contribution in [0.4, 0.5) is 0 Å². The summed E-state index contributed by atoms with van der Waals surface area (Å²) >= 11 is 5.77. The lowest BCUT2D eigenvalue weighted by atomic mass is 10.1. The van der Waals surface area contributed by atoms with Crippen molar-refractivity contribution in [3.05, 3.63) is 28.8 Å². The molecule has 1 aromatic carbocycles. The van der Waals surface area contributed by atoms with Crippen molar-refractivity contribution in [2.24, 2.45) is 11.0 Å². The van der Waals surface area contributed by atoms with Gasteiger partial charge in [0.05, 0.1) is 5.56 Å². The molecule has 0 unspecified atom stereocenters. The number of halogens is 1. The van der Waals surface area contributed by atoms with Gasteiger partial charge in [-0.05, 0) is 37.5 Å². The van der Waals surface area contributed by atoms with Crippen LogP contribution in [0, 0.1) is 5.92 Å². The molecule has 0 aliphatic carbocycles. The molecule has 0 fully saturated rings. The van der Waals surface area contributed by atoms with Crippen LogP contribution in [0.1, 0.15) is 37.6 Å². The highest BCUT2D eigenvalue weighted by atomic mass is 35.5. The molecule has 0 saturated heterocycles. The van der Waals surface area contributed by atoms with Gasteiger partial charge in [-0.25, -0.2) is 5.43 Å². The molecule has 0 radical (unpaired) electrons. The number of hydrogen-bond acceptors (Lipinski definition) is 3. The molecule has 0 aliphatic rings. The molecule has 98 valence electrons. The van der Waals surface area contributed by atoms with Crippen LogP contribution in [-0.2, 0) is 0 Å². The van der Waals surface area contributed by atoms with E-state index in [1.165, 1.54) is 18.2 Å². The van der Waals surface area contributed by atoms with Crippen molar-refractivity contribution in [2.75, 3.05) is 0 Å². The van der Waals surface area contributed by atoms with Crippen molar-refractivity contribution < 1.29 is 9.90 Å². The number of nitrogens with one attached hydrogen (secondary N) is 1. The van der Waals surface area contributed by atoms with Crippen LogP contribution in [0.15, 0.2) is 23.3 Å². The first-order valence-corrected chi connectivity index (χ1v) is 6.10. The second kappa shape index (κ2) is 6.40. The molecule has 0 saturated carbocycles. The maximum absolute atomic E-state index is 11.8. The number of carbonyl (C=O) groups is 1. The van der Waals surface area contributed by atoms with E-state index in [0.717, 1.165) is 12.1 Å². The lowest BCUT2D eigenvalue weighted by Crippen LogP contribution is -2.19. The molecule has 0 bridgehead atoms. The van der Waals surface area contributed by atoms with E-state index < -0.39 is 5.91 Å². The normalized spacial score (nSPS) is 11.7. The Bertz CT molecular complexity index is 470. The molecule has 0 heterocycles. The van der Waals surface area contributed by atoms with Crippen molar-refractivity contribution in [3.63, 3.8) is 0 Å². The van der Waals surface area contributed by atoms with Crippen molar-refractivity contribution in [1.82, 2.24) is 5.43 Å². The van der Waals surface area contributed by atoms with Gasteiger partial charge < -0.3 is 5.11 Å². The minimum atomic E-state index is -0.474. The summed E-state index contributed by atoms with van der Waals surface area (Å²) in [4.78, 5) is 11.8. The standard InChI is InChI=1S/C13H17ClN2O2/c1-8(2)6-9(3)15-16-13(18)11-7-10(14)4-5-12(11)17/h4-5,7-8,17H,6H2,1-3H3,(H,16,18). The topological polar surface area (TPSA) is 61.7 Å². The Labute approximate surface area is 112 Å². The highest BCUT2D eigenvalue weighted by molar-refractivity contribution is 6.31. The number of rotatable bonds is 4. The predicted octanol–water partition coefficient (Wildman–Crippen LogP) is 3.20. The quantitative estimate of drug-likeness (QED) is 0.651. The number of phenols is 1. The van der Waals surface area contributed by atoms with E-state index in [4.69, 9.17) is 11.6 Å². The van der Waals surface area contributed by atoms with E-state index >= 15 is 0 Å². The molecule has 0 aliphatic heterocycles. The zero-order valence-corrected chi connectivity index (χ0v) is 11.5. The lowest BCUT2D eigenvalue weighted by Gasteiger charge is -2.06. The van der Waals surface area contributed by atoms with Gasteiger partial charge in [0.1, 0.15) is 5.75 Å². The van der Waals surface area contributed by atoms with Gasteiger partial charge in [-0.15, -0.1) is 0 Å². The first-order valence-electron chi connectivity index (χ1n) is 5.72. The van der Waals surface area contributed by atoms with Crippen molar-refractivity contribution in [1.29, 1.82) is 0 Å². The lowest BCUT2D eigenvalue weighted by molar-refractivity contribution is 0.0952. The highest BCUT2D eigenvalue weighted by Gasteiger charge is 2.11. The van der Waals surface area contributed by atoms with Gasteiger partial charge in [-0.1, -0.05) is 25.4 Å². The molecule has 5 heteroatoms. The summed E-state index contributed by atoms with van der Waals surface area (Å²) in [7, 11) is 0. The Morgan fingerprint density at radius 2 is 2.17 bits per heavy atom. The number of nitrogens with zero attached hydrogens (tertiary/aromatic N) is 1. The molecule has 1 aromatic rings. The largest absolute Gasteiger partial charge is 0.507 e. The Morgan fingerprint density at radius 1 is 1.50 bits per heavy atom. The fourth-order valence-corrected chi connectivity index (χ4v) is 1.71. The van der Waals surface area contributed by atoms with Crippen molar-refractivity contribution in [2.45, 2.75) is 27.2 Å². The van der Waals surface area contributed by atoms with Gasteiger partial charge in [0.25, 0.3) is 5.91 Å². The summed E-state index contributed by atoms with van der Waals surface area (Å²) in [5.74, 6) is -0.114. The summed E-state index contributed by atoms with van der Waals surface area (Å²) in [6.45, 7) is 5.99. The van der Waals surface area contributed by atoms with Gasteiger partial charge in [-0.2, -0.15) is 5.10 Å². The van der Waals surface area contributed by atoms with E-state index in [-0.39, 0.29) is 11.3 Å². The monoisotopic (exact) mass is 268 g/mol. The molecule has 1 rings (SSSR count). The predicted molar refractivity (Wildman–Crippen MR) is 73.1 cm³/mol. The third-order valence-electron chi connectivity index (χ3n) is 2.26. The Kier molecular flexibility index (Phi) is 5.16. The zero-order valence-electron chi connectivity index (χ0n) is 10.7. The number of amides is 1. The van der Waals surface area contributed by atoms with E-state index in [9.17, 15) is 9.90 Å². The van der Waals surface area contributed by atoms with E-state index in [1.54, 1.807) is 0 Å². The molecule has 4 nitrogen and oxygen atoms in total. The molecule has 18 heavy (non-hydrogen) atoms. The molecule has 2 N–H and O–H groups in total. The maximum Gasteiger partial charge on any atom is 0.275 e. The molecular formula is C13H17ClN2O2. The third-order valence-corrected chi connectivity index (χ3v) is 2.49. The molecule has 0 atom stereocenters. The van der Waals surface area contributed by atoms with Crippen LogP contribution >= 0.6 is 11.6 Å². The minimum absolute atomic E-state index is 0.114. The fraction of sp³-hybridized carbons (Fsp3) is 0.385. The Balaban J connectivity index is 2.74. The van der Waals surface area contributed by atoms with E-state index in [1.807, 2.05) is 6.92 Å². The van der Waals surface area contributed by atoms with Crippen LogP contribution < -0.4 is 5.43 Å². The average molecular weight is 269 g/mol. The van der Waals surface area contributed by atoms with Gasteiger partial charge in [-0.3, -0.25) is 4.79 Å². The van der Waals surface area contributed by atoms with Crippen LogP contribution in [0.2, 0.25) is 5.02 Å². The van der Waals surface area contributed by atoms with Gasteiger partial charge >= 0.3 is 0 Å². The fourth-order valence-electron chi connectivity index (χ4n) is 1.53. The van der Waals surface area contributed by atoms with Crippen LogP contribution in [0.3, 0.4) is 0 Å². The van der Waals surface area contributed by atoms with E-state index in [0.29, 0.717) is 10.9 Å². The average Bonchev–Trinajstić information content (AvgIpc) is 2.28. The summed E-state index contributed by atoms with van der Waals surface area (Å²) in [6, 6.07) is 4.29. The number of carbonyl (C=O) groups excluding carboxylic acids is 1. The van der Waals surface area contributed by atoms with Gasteiger partial charge in [0.2, 0.25) is 0 Å². The molecule has 0 spiro atoms. The zero-order chi connectivity index (χ0) is 13.7. The van der Waals surface area contributed by atoms with Crippen LogP contribution in [-0.4, -0.2) is 16.7 Å². The summed E-state index contributed by atoms with van der Waals surface area (Å²) in [6.07, 6.45) is 0.807. The minimum Gasteiger partial charge on any atom is -0.507 e. The Hall–Kier alpha value is -1.55. The van der Waals surface area contributed by atoms with Crippen molar-refractivity contribution in [3.8, 4) is 5.75 Å². The summed E-state index contributed by atoms with van der Waals surface area (Å²) in [5.41, 5.74) is 3.35. The Morgan fingerprint density at radius 3 is 2.78 bits per heavy atom. The number of phenolic OH excluding ortho intramolecular Hbond substituents is 1. The second-order valence-corrected chi connectivity index (χ2v) is 4.98. The first-order chi connectivity index (χ1) is 8.40. The van der Waals surface area contributed by atoms with Crippen molar-refractivity contribution >= 4 is 23.2 Å². The maximum atomic E-state index is 11.8. The number of aromatic hydroxyl groups is 1. The van der Waals surface area contributed by atoms with Crippen LogP contribution in [0.5, 0.6) is 5.75 Å². The van der Waals surface area contributed by atoms with Gasteiger partial charge in [0, 0.05) is 10.7 Å². The van der Waals surface area contributed by atoms with Crippen LogP contribution in [0.25, 0.3) is 0 Å². The molecular weight excluding hydrogens is 252 g/mol. The third kappa shape index (κ3) is 4.37. The molecule has 0 aromatic heterocycles. The SMILES string of the molecule is CC(CC(C)C)=NNC(=O)c1cc(Cl)ccc1O. The van der Waals surface area contributed by atoms with E-state index in [2.05, 4.69) is 24.4 Å². The van der Waals surface area contributed by atoms with Gasteiger partial charge in [0.15, 0.2) is 0 Å². The summed E-state index contributed by atoms with van der Waals surface area (Å²) in [5, 5.41) is 13.9. The number of benzene rings is 1. The summed E-state index contributed by atoms with van der Waals surface area (Å²) < 4.78 is 0. The number of hydrogen-bond donors (Lipinski definition) is 2. The number of hydrazone groups is 1. The second-order valence-electron chi connectivity index (χ2n) is 4.55. The molecule has 1 amide bonds.